The van der Waals surface area contributed by atoms with Gasteiger partial charge in [-0.15, -0.1) is 0 Å². The third kappa shape index (κ3) is 5.73. The van der Waals surface area contributed by atoms with Crippen molar-refractivity contribution in [2.75, 3.05) is 29.6 Å². The maximum atomic E-state index is 11.7. The maximum Gasteiger partial charge on any atom is 0.347 e. The van der Waals surface area contributed by atoms with Gasteiger partial charge < -0.3 is 15.1 Å². The average molecular weight is 488 g/mol. The van der Waals surface area contributed by atoms with Gasteiger partial charge in [-0.1, -0.05) is 23.5 Å². The number of thiazole rings is 1. The first-order valence-corrected chi connectivity index (χ1v) is 12.9. The molecular formula is C22H25N5O4S2. The van der Waals surface area contributed by atoms with Gasteiger partial charge in [0, 0.05) is 47.5 Å². The molecule has 11 heteroatoms. The summed E-state index contributed by atoms with van der Waals surface area (Å²) in [6.45, 7) is 3.03. The SMILES string of the molecule is Cc1nc(Nc2nc(Cc3ccc(S(C)=O)cc3)cc(N3CCC(O)CC3)n2)sc1C(=O)O. The molecule has 1 aromatic carbocycles. The molecule has 0 aliphatic carbocycles. The molecule has 1 fully saturated rings. The smallest absolute Gasteiger partial charge is 0.347 e. The van der Waals surface area contributed by atoms with Crippen LogP contribution in [0.3, 0.4) is 0 Å². The minimum atomic E-state index is -1.03. The minimum absolute atomic E-state index is 0.173. The molecule has 1 unspecified atom stereocenters. The molecule has 3 aromatic rings. The van der Waals surface area contributed by atoms with E-state index in [1.54, 1.807) is 13.2 Å². The van der Waals surface area contributed by atoms with Crippen LogP contribution in [-0.2, 0) is 17.2 Å². The van der Waals surface area contributed by atoms with Crippen molar-refractivity contribution in [1.82, 2.24) is 15.0 Å². The quantitative estimate of drug-likeness (QED) is 0.461. The number of aryl methyl sites for hydroxylation is 1. The van der Waals surface area contributed by atoms with Crippen molar-refractivity contribution < 1.29 is 19.2 Å². The predicted octanol–water partition coefficient (Wildman–Crippen LogP) is 2.97. The molecule has 3 heterocycles. The highest BCUT2D eigenvalue weighted by atomic mass is 32.2. The minimum Gasteiger partial charge on any atom is -0.477 e. The van der Waals surface area contributed by atoms with E-state index < -0.39 is 16.8 Å². The fraction of sp³-hybridized carbons (Fsp3) is 0.364. The van der Waals surface area contributed by atoms with E-state index in [1.165, 1.54) is 0 Å². The molecule has 4 rings (SSSR count). The average Bonchev–Trinajstić information content (AvgIpc) is 3.14. The van der Waals surface area contributed by atoms with Crippen LogP contribution in [0.4, 0.5) is 16.9 Å². The summed E-state index contributed by atoms with van der Waals surface area (Å²) in [4.78, 5) is 28.0. The lowest BCUT2D eigenvalue weighted by molar-refractivity contribution is 0.0701. The Morgan fingerprint density at radius 3 is 2.52 bits per heavy atom. The molecule has 0 radical (unpaired) electrons. The van der Waals surface area contributed by atoms with Crippen molar-refractivity contribution in [3.63, 3.8) is 0 Å². The van der Waals surface area contributed by atoms with Crippen molar-refractivity contribution in [2.24, 2.45) is 0 Å². The van der Waals surface area contributed by atoms with Crippen molar-refractivity contribution >= 4 is 45.0 Å². The number of anilines is 3. The highest BCUT2D eigenvalue weighted by molar-refractivity contribution is 7.84. The van der Waals surface area contributed by atoms with Gasteiger partial charge in [-0.3, -0.25) is 9.53 Å². The second-order valence-electron chi connectivity index (χ2n) is 7.90. The Bertz CT molecular complexity index is 1170. The van der Waals surface area contributed by atoms with E-state index in [9.17, 15) is 19.2 Å². The first kappa shape index (κ1) is 23.3. The fourth-order valence-corrected chi connectivity index (χ4v) is 4.96. The van der Waals surface area contributed by atoms with Crippen LogP contribution in [0.5, 0.6) is 0 Å². The Kier molecular flexibility index (Phi) is 7.01. The summed E-state index contributed by atoms with van der Waals surface area (Å²) in [5.74, 6) is 0.0646. The van der Waals surface area contributed by atoms with Crippen LogP contribution < -0.4 is 10.2 Å². The lowest BCUT2D eigenvalue weighted by atomic mass is 10.1. The third-order valence-corrected chi connectivity index (χ3v) is 7.40. The maximum absolute atomic E-state index is 11.7. The van der Waals surface area contributed by atoms with Crippen LogP contribution in [0.15, 0.2) is 35.2 Å². The van der Waals surface area contributed by atoms with Crippen molar-refractivity contribution in [3.05, 3.63) is 52.2 Å². The van der Waals surface area contributed by atoms with Gasteiger partial charge in [0.05, 0.1) is 17.5 Å². The molecule has 2 aromatic heterocycles. The zero-order valence-electron chi connectivity index (χ0n) is 18.3. The first-order valence-electron chi connectivity index (χ1n) is 10.5. The number of nitrogens with one attached hydrogen (secondary N) is 1. The Hall–Kier alpha value is -2.89. The van der Waals surface area contributed by atoms with Crippen LogP contribution in [0.25, 0.3) is 0 Å². The van der Waals surface area contributed by atoms with E-state index in [2.05, 4.69) is 25.2 Å². The molecule has 0 bridgehead atoms. The number of rotatable bonds is 7. The van der Waals surface area contributed by atoms with Crippen molar-refractivity contribution in [2.45, 2.75) is 37.2 Å². The lowest BCUT2D eigenvalue weighted by Gasteiger charge is -2.30. The van der Waals surface area contributed by atoms with Crippen LogP contribution in [0, 0.1) is 6.92 Å². The Morgan fingerprint density at radius 2 is 1.91 bits per heavy atom. The summed E-state index contributed by atoms with van der Waals surface area (Å²) < 4.78 is 11.7. The van der Waals surface area contributed by atoms with E-state index in [0.717, 1.165) is 33.3 Å². The van der Waals surface area contributed by atoms with E-state index in [4.69, 9.17) is 0 Å². The fourth-order valence-electron chi connectivity index (χ4n) is 3.64. The number of carboxylic acid groups (broad SMARTS) is 1. The summed E-state index contributed by atoms with van der Waals surface area (Å²) in [6.07, 6.45) is 3.25. The van der Waals surface area contributed by atoms with Gasteiger partial charge in [-0.05, 0) is 37.5 Å². The number of carbonyl (C=O) groups is 1. The summed E-state index contributed by atoms with van der Waals surface area (Å²) in [5.41, 5.74) is 2.24. The number of aromatic nitrogens is 3. The van der Waals surface area contributed by atoms with Gasteiger partial charge in [-0.25, -0.2) is 14.8 Å². The number of aliphatic hydroxyl groups excluding tert-OH is 1. The van der Waals surface area contributed by atoms with Crippen molar-refractivity contribution in [1.29, 1.82) is 0 Å². The summed E-state index contributed by atoms with van der Waals surface area (Å²) in [7, 11) is -1.03. The number of aliphatic hydroxyl groups is 1. The zero-order valence-corrected chi connectivity index (χ0v) is 19.9. The Morgan fingerprint density at radius 1 is 1.21 bits per heavy atom. The number of carboxylic acids is 1. The lowest BCUT2D eigenvalue weighted by Crippen LogP contribution is -2.36. The van der Waals surface area contributed by atoms with Crippen LogP contribution in [-0.4, -0.2) is 60.8 Å². The van der Waals surface area contributed by atoms with Crippen molar-refractivity contribution in [3.8, 4) is 0 Å². The van der Waals surface area contributed by atoms with Gasteiger partial charge in [-0.2, -0.15) is 4.98 Å². The molecule has 0 saturated carbocycles. The molecule has 1 saturated heterocycles. The monoisotopic (exact) mass is 487 g/mol. The third-order valence-electron chi connectivity index (χ3n) is 5.40. The number of hydrogen-bond acceptors (Lipinski definition) is 9. The molecule has 1 atom stereocenters. The van der Waals surface area contributed by atoms with E-state index >= 15 is 0 Å². The summed E-state index contributed by atoms with van der Waals surface area (Å²) in [6, 6.07) is 9.51. The molecule has 33 heavy (non-hydrogen) atoms. The number of piperidine rings is 1. The molecule has 3 N–H and O–H groups in total. The summed E-state index contributed by atoms with van der Waals surface area (Å²) in [5, 5.41) is 22.6. The zero-order chi connectivity index (χ0) is 23.5. The number of benzene rings is 1. The van der Waals surface area contributed by atoms with Gasteiger partial charge in [0.1, 0.15) is 10.7 Å². The molecule has 1 aliphatic heterocycles. The van der Waals surface area contributed by atoms with Gasteiger partial charge in [0.25, 0.3) is 0 Å². The van der Waals surface area contributed by atoms with Crippen LogP contribution in [0.1, 0.15) is 39.5 Å². The molecule has 0 amide bonds. The molecule has 1 aliphatic rings. The Balaban J connectivity index is 1.63. The Labute approximate surface area is 198 Å². The second-order valence-corrected chi connectivity index (χ2v) is 10.3. The number of hydrogen-bond donors (Lipinski definition) is 3. The van der Waals surface area contributed by atoms with E-state index in [1.807, 2.05) is 30.3 Å². The van der Waals surface area contributed by atoms with E-state index in [-0.39, 0.29) is 11.0 Å². The van der Waals surface area contributed by atoms with Gasteiger partial charge in [0.15, 0.2) is 5.13 Å². The van der Waals surface area contributed by atoms with E-state index in [0.29, 0.717) is 49.1 Å². The topological polar surface area (TPSA) is 129 Å². The molecule has 0 spiro atoms. The molecule has 9 nitrogen and oxygen atoms in total. The van der Waals surface area contributed by atoms with Crippen LogP contribution >= 0.6 is 11.3 Å². The van der Waals surface area contributed by atoms with Crippen LogP contribution in [0.2, 0.25) is 0 Å². The molecular weight excluding hydrogens is 462 g/mol. The van der Waals surface area contributed by atoms with Gasteiger partial charge >= 0.3 is 5.97 Å². The predicted molar refractivity (Wildman–Crippen MR) is 128 cm³/mol. The largest absolute Gasteiger partial charge is 0.477 e. The highest BCUT2D eigenvalue weighted by Gasteiger charge is 2.20. The number of aromatic carboxylic acids is 1. The standard InChI is InChI=1S/C22H25N5O4S2/c1-13-19(20(29)30)32-22(23-13)26-21-24-15(11-14-3-5-17(6-4-14)33(2)31)12-18(25-21)27-9-7-16(28)8-10-27/h3-6,12,16,28H,7-11H2,1-2H3,(H,29,30)(H,23,24,25,26). The highest BCUT2D eigenvalue weighted by Crippen LogP contribution is 2.27. The number of nitrogens with zero attached hydrogens (tertiary/aromatic N) is 4. The normalized spacial score (nSPS) is 15.4. The first-order chi connectivity index (χ1) is 15.8. The van der Waals surface area contributed by atoms with Gasteiger partial charge in [0.2, 0.25) is 5.95 Å². The molecule has 174 valence electrons. The second kappa shape index (κ2) is 9.94. The summed E-state index contributed by atoms with van der Waals surface area (Å²) >= 11 is 1.04.